The average Bonchev–Trinajstić information content (AvgIpc) is 2.78. The van der Waals surface area contributed by atoms with E-state index in [0.29, 0.717) is 25.7 Å². The van der Waals surface area contributed by atoms with Crippen LogP contribution in [0, 0.1) is 0 Å². The highest BCUT2D eigenvalue weighted by Crippen LogP contribution is 2.11. The van der Waals surface area contributed by atoms with E-state index in [4.69, 9.17) is 10.5 Å². The molecule has 0 saturated carbocycles. The lowest BCUT2D eigenvalue weighted by Crippen LogP contribution is -2.44. The van der Waals surface area contributed by atoms with E-state index in [-0.39, 0.29) is 0 Å². The van der Waals surface area contributed by atoms with E-state index in [1.807, 2.05) is 41.7 Å². The molecule has 0 atom stereocenters. The monoisotopic (exact) mass is 266 g/mol. The van der Waals surface area contributed by atoms with Gasteiger partial charge < -0.3 is 24.8 Å². The van der Waals surface area contributed by atoms with Gasteiger partial charge in [0.05, 0.1) is 31.6 Å². The summed E-state index contributed by atoms with van der Waals surface area (Å²) in [5, 5.41) is 0. The number of ether oxygens (including phenoxy) is 1. The Morgan fingerprint density at radius 3 is 2.74 bits per heavy atom. The van der Waals surface area contributed by atoms with Gasteiger partial charge in [-0.05, 0) is 0 Å². The molecule has 106 valence electrons. The van der Waals surface area contributed by atoms with Gasteiger partial charge in [0.25, 0.3) is 0 Å². The van der Waals surface area contributed by atoms with Gasteiger partial charge in [-0.15, -0.1) is 0 Å². The number of aliphatic imine (C=N–C) groups is 1. The van der Waals surface area contributed by atoms with Crippen LogP contribution < -0.4 is 10.6 Å². The Labute approximate surface area is 113 Å². The number of hydrogen-bond acceptors (Lipinski definition) is 4. The van der Waals surface area contributed by atoms with E-state index in [2.05, 4.69) is 9.98 Å². The highest BCUT2D eigenvalue weighted by molar-refractivity contribution is 5.78. The molecule has 0 amide bonds. The van der Waals surface area contributed by atoms with Crippen molar-refractivity contribution in [2.24, 2.45) is 17.8 Å². The Morgan fingerprint density at radius 1 is 1.47 bits per heavy atom. The Hall–Kier alpha value is -1.76. The molecule has 0 spiro atoms. The third-order valence-electron chi connectivity index (χ3n) is 3.20. The van der Waals surface area contributed by atoms with Crippen LogP contribution in [0.4, 0.5) is 5.95 Å². The first-order chi connectivity index (χ1) is 9.09. The molecule has 7 heteroatoms. The van der Waals surface area contributed by atoms with Gasteiger partial charge in [0.1, 0.15) is 0 Å². The van der Waals surface area contributed by atoms with E-state index in [0.717, 1.165) is 24.7 Å². The van der Waals surface area contributed by atoms with Crippen molar-refractivity contribution < 1.29 is 4.74 Å². The SMILES string of the molecule is CN(C)c1ncc(CN=C(N)N2CCOCC2)n1C. The number of nitrogens with two attached hydrogens (primary N) is 1. The van der Waals surface area contributed by atoms with Crippen LogP contribution in [0.1, 0.15) is 5.69 Å². The second-order valence-corrected chi connectivity index (χ2v) is 4.78. The summed E-state index contributed by atoms with van der Waals surface area (Å²) in [6.07, 6.45) is 1.84. The lowest BCUT2D eigenvalue weighted by atomic mass is 10.4. The van der Waals surface area contributed by atoms with E-state index < -0.39 is 0 Å². The van der Waals surface area contributed by atoms with Crippen LogP contribution in [0.5, 0.6) is 0 Å². The minimum absolute atomic E-state index is 0.542. The van der Waals surface area contributed by atoms with Crippen molar-refractivity contribution in [2.75, 3.05) is 45.3 Å². The molecule has 1 aliphatic heterocycles. The van der Waals surface area contributed by atoms with Crippen LogP contribution in [0.2, 0.25) is 0 Å². The van der Waals surface area contributed by atoms with Crippen molar-refractivity contribution in [3.8, 4) is 0 Å². The van der Waals surface area contributed by atoms with Crippen LogP contribution in [0.15, 0.2) is 11.2 Å². The van der Waals surface area contributed by atoms with Gasteiger partial charge in [-0.25, -0.2) is 9.98 Å². The van der Waals surface area contributed by atoms with Crippen molar-refractivity contribution in [3.05, 3.63) is 11.9 Å². The number of nitrogens with zero attached hydrogens (tertiary/aromatic N) is 5. The van der Waals surface area contributed by atoms with Crippen molar-refractivity contribution in [1.29, 1.82) is 0 Å². The number of guanidine groups is 1. The fraction of sp³-hybridized carbons (Fsp3) is 0.667. The molecule has 19 heavy (non-hydrogen) atoms. The summed E-state index contributed by atoms with van der Waals surface area (Å²) in [7, 11) is 5.92. The molecule has 0 aliphatic carbocycles. The summed E-state index contributed by atoms with van der Waals surface area (Å²) in [4.78, 5) is 12.8. The van der Waals surface area contributed by atoms with E-state index in [1.54, 1.807) is 0 Å². The topological polar surface area (TPSA) is 71.9 Å². The predicted octanol–water partition coefficient (Wildman–Crippen LogP) is -0.367. The Kier molecular flexibility index (Phi) is 4.26. The Morgan fingerprint density at radius 2 is 2.16 bits per heavy atom. The van der Waals surface area contributed by atoms with Crippen molar-refractivity contribution in [3.63, 3.8) is 0 Å². The van der Waals surface area contributed by atoms with Gasteiger partial charge in [0.2, 0.25) is 5.95 Å². The summed E-state index contributed by atoms with van der Waals surface area (Å²) >= 11 is 0. The average molecular weight is 266 g/mol. The van der Waals surface area contributed by atoms with Gasteiger partial charge in [-0.1, -0.05) is 0 Å². The number of aromatic nitrogens is 2. The number of anilines is 1. The maximum absolute atomic E-state index is 5.99. The molecule has 0 bridgehead atoms. The molecular formula is C12H22N6O. The number of rotatable bonds is 3. The molecule has 7 nitrogen and oxygen atoms in total. The summed E-state index contributed by atoms with van der Waals surface area (Å²) < 4.78 is 7.31. The zero-order chi connectivity index (χ0) is 13.8. The smallest absolute Gasteiger partial charge is 0.204 e. The Balaban J connectivity index is 2.01. The van der Waals surface area contributed by atoms with Crippen molar-refractivity contribution >= 4 is 11.9 Å². The highest BCUT2D eigenvalue weighted by atomic mass is 16.5. The van der Waals surface area contributed by atoms with Crippen molar-refractivity contribution in [2.45, 2.75) is 6.54 Å². The summed E-state index contributed by atoms with van der Waals surface area (Å²) in [5.41, 5.74) is 7.03. The lowest BCUT2D eigenvalue weighted by molar-refractivity contribution is 0.0674. The lowest BCUT2D eigenvalue weighted by Gasteiger charge is -2.27. The predicted molar refractivity (Wildman–Crippen MR) is 75.3 cm³/mol. The van der Waals surface area contributed by atoms with Crippen LogP contribution in [0.3, 0.4) is 0 Å². The first-order valence-electron chi connectivity index (χ1n) is 6.40. The van der Waals surface area contributed by atoms with E-state index >= 15 is 0 Å². The molecule has 2 N–H and O–H groups in total. The minimum atomic E-state index is 0.542. The molecule has 0 radical (unpaired) electrons. The molecule has 2 rings (SSSR count). The van der Waals surface area contributed by atoms with Gasteiger partial charge in [-0.2, -0.15) is 0 Å². The first-order valence-corrected chi connectivity index (χ1v) is 6.40. The molecule has 1 aromatic heterocycles. The Bertz CT molecular complexity index is 447. The standard InChI is InChI=1S/C12H22N6O/c1-16(2)12-15-9-10(17(12)3)8-14-11(13)18-4-6-19-7-5-18/h9H,4-8H2,1-3H3,(H2,13,14). The fourth-order valence-electron chi connectivity index (χ4n) is 2.05. The fourth-order valence-corrected chi connectivity index (χ4v) is 2.05. The van der Waals surface area contributed by atoms with Gasteiger partial charge in [0.15, 0.2) is 5.96 Å². The maximum Gasteiger partial charge on any atom is 0.204 e. The second-order valence-electron chi connectivity index (χ2n) is 4.78. The summed E-state index contributed by atoms with van der Waals surface area (Å²) in [6.45, 7) is 3.59. The number of morpholine rings is 1. The highest BCUT2D eigenvalue weighted by Gasteiger charge is 2.13. The molecule has 1 saturated heterocycles. The third-order valence-corrected chi connectivity index (χ3v) is 3.20. The second kappa shape index (κ2) is 5.92. The van der Waals surface area contributed by atoms with Crippen LogP contribution in [-0.4, -0.2) is 60.8 Å². The van der Waals surface area contributed by atoms with E-state index in [9.17, 15) is 0 Å². The molecule has 2 heterocycles. The summed E-state index contributed by atoms with van der Waals surface area (Å²) in [5.74, 6) is 1.49. The van der Waals surface area contributed by atoms with Crippen molar-refractivity contribution in [1.82, 2.24) is 14.5 Å². The van der Waals surface area contributed by atoms with Gasteiger partial charge in [0, 0.05) is 34.2 Å². The molecule has 1 aliphatic rings. The largest absolute Gasteiger partial charge is 0.378 e. The molecule has 1 aromatic rings. The number of imidazole rings is 1. The van der Waals surface area contributed by atoms with Gasteiger partial charge >= 0.3 is 0 Å². The minimum Gasteiger partial charge on any atom is -0.378 e. The first kappa shape index (κ1) is 13.7. The van der Waals surface area contributed by atoms with E-state index in [1.165, 1.54) is 0 Å². The van der Waals surface area contributed by atoms with Gasteiger partial charge in [-0.3, -0.25) is 0 Å². The molecule has 0 unspecified atom stereocenters. The van der Waals surface area contributed by atoms with Crippen LogP contribution >= 0.6 is 0 Å². The maximum atomic E-state index is 5.99. The molecular weight excluding hydrogens is 244 g/mol. The summed E-state index contributed by atoms with van der Waals surface area (Å²) in [6, 6.07) is 0. The molecule has 0 aromatic carbocycles. The normalized spacial score (nSPS) is 16.8. The molecule has 1 fully saturated rings. The zero-order valence-electron chi connectivity index (χ0n) is 11.8. The number of hydrogen-bond donors (Lipinski definition) is 1. The van der Waals surface area contributed by atoms with Crippen LogP contribution in [0.25, 0.3) is 0 Å². The quantitative estimate of drug-likeness (QED) is 0.597. The zero-order valence-corrected chi connectivity index (χ0v) is 11.8. The van der Waals surface area contributed by atoms with Crippen LogP contribution in [-0.2, 0) is 18.3 Å². The third kappa shape index (κ3) is 3.17.